The minimum atomic E-state index is -0.979. The molecule has 1 aliphatic rings. The van der Waals surface area contributed by atoms with E-state index in [4.69, 9.17) is 16.7 Å². The molecular weight excluding hydrogens is 266 g/mol. The molecule has 3 rings (SSSR count). The molecule has 98 valence electrons. The van der Waals surface area contributed by atoms with Crippen LogP contribution in [0.3, 0.4) is 0 Å². The van der Waals surface area contributed by atoms with Crippen molar-refractivity contribution in [3.63, 3.8) is 0 Å². The van der Waals surface area contributed by atoms with Gasteiger partial charge in [-0.3, -0.25) is 0 Å². The van der Waals surface area contributed by atoms with Gasteiger partial charge in [0.1, 0.15) is 5.75 Å². The lowest BCUT2D eigenvalue weighted by Gasteiger charge is -2.12. The van der Waals surface area contributed by atoms with Crippen LogP contribution in [0, 0.1) is 0 Å². The van der Waals surface area contributed by atoms with E-state index in [9.17, 15) is 9.90 Å². The zero-order valence-corrected chi connectivity index (χ0v) is 10.7. The van der Waals surface area contributed by atoms with Crippen LogP contribution in [0.15, 0.2) is 24.3 Å². The number of alkyl halides is 1. The number of carboxylic acids is 1. The molecule has 0 fully saturated rings. The van der Waals surface area contributed by atoms with Crippen molar-refractivity contribution in [1.29, 1.82) is 0 Å². The van der Waals surface area contributed by atoms with E-state index in [1.54, 1.807) is 18.2 Å². The molecule has 0 amide bonds. The van der Waals surface area contributed by atoms with E-state index in [0.717, 1.165) is 16.6 Å². The van der Waals surface area contributed by atoms with Crippen LogP contribution in [-0.2, 0) is 0 Å². The Morgan fingerprint density at radius 3 is 2.84 bits per heavy atom. The van der Waals surface area contributed by atoms with Gasteiger partial charge < -0.3 is 15.5 Å². The zero-order valence-electron chi connectivity index (χ0n) is 9.98. The topological polar surface area (TPSA) is 69.6 Å². The summed E-state index contributed by atoms with van der Waals surface area (Å²) in [7, 11) is 0. The average Bonchev–Trinajstić information content (AvgIpc) is 2.81. The number of hydrogen-bond donors (Lipinski definition) is 3. The van der Waals surface area contributed by atoms with E-state index in [-0.39, 0.29) is 17.2 Å². The van der Waals surface area contributed by atoms with Gasteiger partial charge in [0.2, 0.25) is 0 Å². The number of aromatic hydroxyl groups is 1. The van der Waals surface area contributed by atoms with E-state index in [2.05, 4.69) is 5.32 Å². The van der Waals surface area contributed by atoms with Gasteiger partial charge in [-0.1, -0.05) is 0 Å². The smallest absolute Gasteiger partial charge is 0.335 e. The number of phenolic OH excluding ortho intramolecular Hbond substituents is 1. The number of fused-ring (bicyclic) bond motifs is 3. The molecule has 0 spiro atoms. The van der Waals surface area contributed by atoms with Crippen LogP contribution in [0.25, 0.3) is 10.8 Å². The third-order valence-corrected chi connectivity index (χ3v) is 3.91. The Bertz CT molecular complexity index is 684. The first-order valence-corrected chi connectivity index (χ1v) is 6.48. The second-order valence-electron chi connectivity index (χ2n) is 4.65. The number of benzene rings is 2. The fourth-order valence-corrected chi connectivity index (χ4v) is 2.88. The molecule has 1 aliphatic heterocycles. The lowest BCUT2D eigenvalue weighted by atomic mass is 9.94. The summed E-state index contributed by atoms with van der Waals surface area (Å²) >= 11 is 5.96. The Morgan fingerprint density at radius 1 is 1.37 bits per heavy atom. The predicted octanol–water partition coefficient (Wildman–Crippen LogP) is 2.99. The molecule has 2 aromatic carbocycles. The molecule has 1 heterocycles. The molecule has 4 nitrogen and oxygen atoms in total. The van der Waals surface area contributed by atoms with Crippen LogP contribution in [-0.4, -0.2) is 28.6 Å². The molecule has 0 bridgehead atoms. The van der Waals surface area contributed by atoms with Crippen LogP contribution in [0.1, 0.15) is 21.8 Å². The number of carboxylic acid groups (broad SMARTS) is 1. The summed E-state index contributed by atoms with van der Waals surface area (Å²) in [5.74, 6) is -0.249. The van der Waals surface area contributed by atoms with Crippen LogP contribution < -0.4 is 5.32 Å². The van der Waals surface area contributed by atoms with Gasteiger partial charge in [-0.05, 0) is 29.1 Å². The molecular formula is C14H12ClNO3. The highest BCUT2D eigenvalue weighted by atomic mass is 35.5. The lowest BCUT2D eigenvalue weighted by Crippen LogP contribution is -2.03. The summed E-state index contributed by atoms with van der Waals surface area (Å²) in [5, 5.41) is 23.7. The van der Waals surface area contributed by atoms with Gasteiger partial charge in [0, 0.05) is 35.5 Å². The molecule has 1 unspecified atom stereocenters. The SMILES string of the molecule is O=C(O)c1ccc2c(O)cc3c(c2c1)C(CCl)CN3. The average molecular weight is 278 g/mol. The third kappa shape index (κ3) is 1.79. The van der Waals surface area contributed by atoms with E-state index in [1.807, 2.05) is 0 Å². The molecule has 0 aromatic heterocycles. The van der Waals surface area contributed by atoms with Crippen molar-refractivity contribution in [2.75, 3.05) is 17.7 Å². The van der Waals surface area contributed by atoms with Crippen LogP contribution >= 0.6 is 11.6 Å². The van der Waals surface area contributed by atoms with Gasteiger partial charge in [0.05, 0.1) is 5.56 Å². The Labute approximate surface area is 114 Å². The second-order valence-corrected chi connectivity index (χ2v) is 4.96. The van der Waals surface area contributed by atoms with Gasteiger partial charge >= 0.3 is 5.97 Å². The number of nitrogens with one attached hydrogen (secondary N) is 1. The van der Waals surface area contributed by atoms with Crippen molar-refractivity contribution in [2.24, 2.45) is 0 Å². The van der Waals surface area contributed by atoms with Crippen molar-refractivity contribution in [3.05, 3.63) is 35.4 Å². The van der Waals surface area contributed by atoms with Crippen LogP contribution in [0.4, 0.5) is 5.69 Å². The van der Waals surface area contributed by atoms with Crippen LogP contribution in [0.2, 0.25) is 0 Å². The normalized spacial score (nSPS) is 17.2. The maximum atomic E-state index is 11.1. The Hall–Kier alpha value is -1.94. The quantitative estimate of drug-likeness (QED) is 0.738. The molecule has 0 saturated carbocycles. The Kier molecular flexibility index (Phi) is 2.75. The van der Waals surface area contributed by atoms with Gasteiger partial charge in [0.25, 0.3) is 0 Å². The van der Waals surface area contributed by atoms with Crippen molar-refractivity contribution >= 4 is 34.0 Å². The Balaban J connectivity index is 2.35. The molecule has 2 aromatic rings. The number of anilines is 1. The number of halogens is 1. The fraction of sp³-hybridized carbons (Fsp3) is 0.214. The standard InChI is InChI=1S/C14H12ClNO3/c15-5-8-6-16-11-4-12(17)9-2-1-7(14(18)19)3-10(9)13(8)11/h1-4,8,16-17H,5-6H2,(H,18,19). The second kappa shape index (κ2) is 4.31. The maximum absolute atomic E-state index is 11.1. The monoisotopic (exact) mass is 277 g/mol. The number of phenols is 1. The maximum Gasteiger partial charge on any atom is 0.335 e. The molecule has 0 radical (unpaired) electrons. The van der Waals surface area contributed by atoms with E-state index in [0.29, 0.717) is 17.8 Å². The van der Waals surface area contributed by atoms with Crippen molar-refractivity contribution in [2.45, 2.75) is 5.92 Å². The van der Waals surface area contributed by atoms with Gasteiger partial charge in [0.15, 0.2) is 0 Å². The number of aromatic carboxylic acids is 1. The first kappa shape index (κ1) is 12.1. The molecule has 0 saturated heterocycles. The minimum absolute atomic E-state index is 0.129. The molecule has 19 heavy (non-hydrogen) atoms. The number of hydrogen-bond acceptors (Lipinski definition) is 3. The predicted molar refractivity (Wildman–Crippen MR) is 74.5 cm³/mol. The summed E-state index contributed by atoms with van der Waals surface area (Å²) in [6.45, 7) is 0.703. The van der Waals surface area contributed by atoms with Gasteiger partial charge in [-0.25, -0.2) is 4.79 Å². The molecule has 3 N–H and O–H groups in total. The number of carbonyl (C=O) groups is 1. The molecule has 1 atom stereocenters. The summed E-state index contributed by atoms with van der Waals surface area (Å²) in [6.07, 6.45) is 0. The van der Waals surface area contributed by atoms with E-state index < -0.39 is 5.97 Å². The third-order valence-electron chi connectivity index (χ3n) is 3.54. The summed E-state index contributed by atoms with van der Waals surface area (Å²) in [4.78, 5) is 11.1. The van der Waals surface area contributed by atoms with E-state index >= 15 is 0 Å². The fourth-order valence-electron chi connectivity index (χ4n) is 2.61. The zero-order chi connectivity index (χ0) is 13.6. The van der Waals surface area contributed by atoms with Crippen molar-refractivity contribution in [1.82, 2.24) is 0 Å². The summed E-state index contributed by atoms with van der Waals surface area (Å²) < 4.78 is 0. The Morgan fingerprint density at radius 2 is 2.16 bits per heavy atom. The van der Waals surface area contributed by atoms with E-state index in [1.165, 1.54) is 6.07 Å². The summed E-state index contributed by atoms with van der Waals surface area (Å²) in [6, 6.07) is 6.40. The largest absolute Gasteiger partial charge is 0.507 e. The highest BCUT2D eigenvalue weighted by Gasteiger charge is 2.25. The molecule has 5 heteroatoms. The first-order chi connectivity index (χ1) is 9.11. The first-order valence-electron chi connectivity index (χ1n) is 5.94. The highest BCUT2D eigenvalue weighted by molar-refractivity contribution is 6.18. The van der Waals surface area contributed by atoms with Crippen molar-refractivity contribution < 1.29 is 15.0 Å². The van der Waals surface area contributed by atoms with Gasteiger partial charge in [-0.15, -0.1) is 11.6 Å². The van der Waals surface area contributed by atoms with Crippen molar-refractivity contribution in [3.8, 4) is 5.75 Å². The lowest BCUT2D eigenvalue weighted by molar-refractivity contribution is 0.0697. The summed E-state index contributed by atoms with van der Waals surface area (Å²) in [5.41, 5.74) is 2.03. The highest BCUT2D eigenvalue weighted by Crippen LogP contribution is 2.42. The molecule has 0 aliphatic carbocycles. The van der Waals surface area contributed by atoms with Crippen LogP contribution in [0.5, 0.6) is 5.75 Å². The minimum Gasteiger partial charge on any atom is -0.507 e. The number of rotatable bonds is 2. The van der Waals surface area contributed by atoms with Gasteiger partial charge in [-0.2, -0.15) is 0 Å².